The number of carbonyl (C=O) groups excluding carboxylic acids is 1. The number of nitrogens with zero attached hydrogens (tertiary/aromatic N) is 1. The number of aliphatic carboxylic acids is 1. The Labute approximate surface area is 145 Å². The fraction of sp³-hybridized carbons (Fsp3) is 0.278. The Kier molecular flexibility index (Phi) is 5.59. The number of carboxylic acid groups (broad SMARTS) is 1. The van der Waals surface area contributed by atoms with Crippen molar-refractivity contribution in [3.63, 3.8) is 0 Å². The second-order valence-electron chi connectivity index (χ2n) is 5.56. The summed E-state index contributed by atoms with van der Waals surface area (Å²) in [5.74, 6) is -0.391. The quantitative estimate of drug-likeness (QED) is 0.836. The SMILES string of the molecule is COc1ccc(NC(=O)c2cc(C)c(OCC(=O)O)c(C)c2)c(C)n1. The van der Waals surface area contributed by atoms with Crippen LogP contribution in [0.3, 0.4) is 0 Å². The van der Waals surface area contributed by atoms with Gasteiger partial charge in [-0.3, -0.25) is 4.79 Å². The molecule has 1 aromatic heterocycles. The zero-order chi connectivity index (χ0) is 18.6. The fourth-order valence-electron chi connectivity index (χ4n) is 2.42. The molecule has 2 rings (SSSR count). The summed E-state index contributed by atoms with van der Waals surface area (Å²) in [6.45, 7) is 4.88. The molecule has 0 saturated heterocycles. The van der Waals surface area contributed by atoms with Crippen LogP contribution in [0.15, 0.2) is 24.3 Å². The van der Waals surface area contributed by atoms with Gasteiger partial charge in [0.05, 0.1) is 18.5 Å². The van der Waals surface area contributed by atoms with E-state index >= 15 is 0 Å². The van der Waals surface area contributed by atoms with Gasteiger partial charge in [0.1, 0.15) is 5.75 Å². The maximum atomic E-state index is 12.5. The van der Waals surface area contributed by atoms with Gasteiger partial charge in [0.25, 0.3) is 5.91 Å². The number of aryl methyl sites for hydroxylation is 3. The average Bonchev–Trinajstić information content (AvgIpc) is 2.55. The van der Waals surface area contributed by atoms with Crippen LogP contribution in [-0.4, -0.2) is 35.7 Å². The van der Waals surface area contributed by atoms with Crippen LogP contribution in [0, 0.1) is 20.8 Å². The van der Waals surface area contributed by atoms with Crippen LogP contribution >= 0.6 is 0 Å². The lowest BCUT2D eigenvalue weighted by molar-refractivity contribution is -0.139. The number of pyridine rings is 1. The molecule has 0 saturated carbocycles. The van der Waals surface area contributed by atoms with Crippen LogP contribution in [-0.2, 0) is 4.79 Å². The molecule has 0 aliphatic heterocycles. The molecular formula is C18H20N2O5. The number of rotatable bonds is 6. The topological polar surface area (TPSA) is 97.8 Å². The highest BCUT2D eigenvalue weighted by atomic mass is 16.5. The van der Waals surface area contributed by atoms with Crippen LogP contribution < -0.4 is 14.8 Å². The normalized spacial score (nSPS) is 10.2. The van der Waals surface area contributed by atoms with Crippen molar-refractivity contribution in [2.75, 3.05) is 19.0 Å². The molecule has 7 heteroatoms. The molecule has 0 fully saturated rings. The molecule has 0 unspecified atom stereocenters. The van der Waals surface area contributed by atoms with Crippen LogP contribution in [0.25, 0.3) is 0 Å². The third-order valence-electron chi connectivity index (χ3n) is 3.58. The standard InChI is InChI=1S/C18H20N2O5/c1-10-7-13(8-11(2)17(10)25-9-16(21)22)18(23)20-14-5-6-15(24-4)19-12(14)3/h5-8H,9H2,1-4H3,(H,20,23)(H,21,22). The van der Waals surface area contributed by atoms with Gasteiger partial charge < -0.3 is 19.9 Å². The summed E-state index contributed by atoms with van der Waals surface area (Å²) in [6, 6.07) is 6.71. The van der Waals surface area contributed by atoms with Gasteiger partial charge in [-0.25, -0.2) is 9.78 Å². The Balaban J connectivity index is 2.21. The Morgan fingerprint density at radius 3 is 2.32 bits per heavy atom. The first kappa shape index (κ1) is 18.3. The Morgan fingerprint density at radius 1 is 1.16 bits per heavy atom. The number of amides is 1. The molecule has 0 atom stereocenters. The van der Waals surface area contributed by atoms with Gasteiger partial charge in [-0.15, -0.1) is 0 Å². The van der Waals surface area contributed by atoms with Crippen molar-refractivity contribution in [2.24, 2.45) is 0 Å². The van der Waals surface area contributed by atoms with Gasteiger partial charge in [-0.1, -0.05) is 0 Å². The molecule has 1 heterocycles. The lowest BCUT2D eigenvalue weighted by atomic mass is 10.0. The summed E-state index contributed by atoms with van der Waals surface area (Å²) in [5.41, 5.74) is 3.06. The van der Waals surface area contributed by atoms with Crippen molar-refractivity contribution in [3.8, 4) is 11.6 Å². The van der Waals surface area contributed by atoms with Gasteiger partial charge in [-0.05, 0) is 50.1 Å². The Bertz CT molecular complexity index is 794. The number of nitrogens with one attached hydrogen (secondary N) is 1. The van der Waals surface area contributed by atoms with E-state index in [-0.39, 0.29) is 5.91 Å². The second-order valence-corrected chi connectivity index (χ2v) is 5.56. The third kappa shape index (κ3) is 4.47. The summed E-state index contributed by atoms with van der Waals surface area (Å²) in [6.07, 6.45) is 0. The lowest BCUT2D eigenvalue weighted by Crippen LogP contribution is -2.15. The number of hydrogen-bond donors (Lipinski definition) is 2. The van der Waals surface area contributed by atoms with Crippen molar-refractivity contribution in [3.05, 3.63) is 46.6 Å². The van der Waals surface area contributed by atoms with E-state index in [2.05, 4.69) is 10.3 Å². The minimum absolute atomic E-state index is 0.286. The summed E-state index contributed by atoms with van der Waals surface area (Å²) in [4.78, 5) is 27.4. The number of ether oxygens (including phenoxy) is 2. The monoisotopic (exact) mass is 344 g/mol. The number of benzene rings is 1. The first-order valence-corrected chi connectivity index (χ1v) is 7.60. The van der Waals surface area contributed by atoms with Gasteiger partial charge >= 0.3 is 5.97 Å². The maximum Gasteiger partial charge on any atom is 0.341 e. The predicted molar refractivity (Wildman–Crippen MR) is 92.5 cm³/mol. The van der Waals surface area contributed by atoms with E-state index in [4.69, 9.17) is 14.6 Å². The number of carboxylic acids is 1. The van der Waals surface area contributed by atoms with Crippen molar-refractivity contribution in [1.82, 2.24) is 4.98 Å². The molecule has 0 aliphatic rings. The second kappa shape index (κ2) is 7.65. The number of hydrogen-bond acceptors (Lipinski definition) is 5. The van der Waals surface area contributed by atoms with E-state index < -0.39 is 12.6 Å². The van der Waals surface area contributed by atoms with Crippen LogP contribution in [0.5, 0.6) is 11.6 Å². The fourth-order valence-corrected chi connectivity index (χ4v) is 2.42. The maximum absolute atomic E-state index is 12.5. The molecular weight excluding hydrogens is 324 g/mol. The summed E-state index contributed by atoms with van der Waals surface area (Å²) < 4.78 is 10.3. The highest BCUT2D eigenvalue weighted by Crippen LogP contribution is 2.26. The van der Waals surface area contributed by atoms with E-state index in [1.807, 2.05) is 0 Å². The number of aromatic nitrogens is 1. The highest BCUT2D eigenvalue weighted by molar-refractivity contribution is 6.05. The molecule has 25 heavy (non-hydrogen) atoms. The van der Waals surface area contributed by atoms with Crippen molar-refractivity contribution >= 4 is 17.6 Å². The van der Waals surface area contributed by atoms with E-state index in [1.54, 1.807) is 45.0 Å². The van der Waals surface area contributed by atoms with Crippen molar-refractivity contribution < 1.29 is 24.2 Å². The molecule has 0 aliphatic carbocycles. The van der Waals surface area contributed by atoms with Gasteiger partial charge in [0, 0.05) is 11.6 Å². The summed E-state index contributed by atoms with van der Waals surface area (Å²) in [7, 11) is 1.53. The lowest BCUT2D eigenvalue weighted by Gasteiger charge is -2.13. The van der Waals surface area contributed by atoms with E-state index in [0.29, 0.717) is 39.7 Å². The number of anilines is 1. The molecule has 7 nitrogen and oxygen atoms in total. The molecule has 1 amide bonds. The minimum atomic E-state index is -1.05. The molecule has 132 valence electrons. The molecule has 2 N–H and O–H groups in total. The van der Waals surface area contributed by atoms with Gasteiger partial charge in [0.2, 0.25) is 5.88 Å². The predicted octanol–water partition coefficient (Wildman–Crippen LogP) is 2.73. The third-order valence-corrected chi connectivity index (χ3v) is 3.58. The zero-order valence-electron chi connectivity index (χ0n) is 14.5. The van der Waals surface area contributed by atoms with Gasteiger partial charge in [0.15, 0.2) is 6.61 Å². The van der Waals surface area contributed by atoms with Crippen molar-refractivity contribution in [2.45, 2.75) is 20.8 Å². The smallest absolute Gasteiger partial charge is 0.341 e. The Morgan fingerprint density at radius 2 is 1.80 bits per heavy atom. The molecule has 0 spiro atoms. The van der Waals surface area contributed by atoms with Crippen LogP contribution in [0.2, 0.25) is 0 Å². The molecule has 0 radical (unpaired) electrons. The zero-order valence-corrected chi connectivity index (χ0v) is 14.5. The first-order chi connectivity index (χ1) is 11.8. The molecule has 2 aromatic rings. The van der Waals surface area contributed by atoms with E-state index in [1.165, 1.54) is 7.11 Å². The first-order valence-electron chi connectivity index (χ1n) is 7.60. The van der Waals surface area contributed by atoms with Crippen molar-refractivity contribution in [1.29, 1.82) is 0 Å². The molecule has 1 aromatic carbocycles. The number of carbonyl (C=O) groups is 2. The minimum Gasteiger partial charge on any atom is -0.481 e. The average molecular weight is 344 g/mol. The van der Waals surface area contributed by atoms with Gasteiger partial charge in [-0.2, -0.15) is 0 Å². The summed E-state index contributed by atoms with van der Waals surface area (Å²) >= 11 is 0. The highest BCUT2D eigenvalue weighted by Gasteiger charge is 2.14. The van der Waals surface area contributed by atoms with Crippen LogP contribution in [0.4, 0.5) is 5.69 Å². The largest absolute Gasteiger partial charge is 0.481 e. The Hall–Kier alpha value is -3.09. The van der Waals surface area contributed by atoms with E-state index in [9.17, 15) is 9.59 Å². The van der Waals surface area contributed by atoms with Crippen LogP contribution in [0.1, 0.15) is 27.2 Å². The number of methoxy groups -OCH3 is 1. The molecule has 0 bridgehead atoms. The summed E-state index contributed by atoms with van der Waals surface area (Å²) in [5, 5.41) is 11.5. The van der Waals surface area contributed by atoms with E-state index in [0.717, 1.165) is 0 Å².